The predicted molar refractivity (Wildman–Crippen MR) is 79.4 cm³/mol. The summed E-state index contributed by atoms with van der Waals surface area (Å²) in [4.78, 5) is 22.8. The first kappa shape index (κ1) is 14.3. The van der Waals surface area contributed by atoms with Gasteiger partial charge < -0.3 is 10.4 Å². The van der Waals surface area contributed by atoms with E-state index >= 15 is 0 Å². The molecule has 0 aliphatic carbocycles. The van der Waals surface area contributed by atoms with E-state index in [0.717, 1.165) is 11.1 Å². The average Bonchev–Trinajstić information content (AvgIpc) is 2.85. The summed E-state index contributed by atoms with van der Waals surface area (Å²) in [5.74, 6) is -1.20. The molecule has 104 valence electrons. The second-order valence-electron chi connectivity index (χ2n) is 4.51. The second-order valence-corrected chi connectivity index (χ2v) is 5.42. The van der Waals surface area contributed by atoms with Gasteiger partial charge in [-0.15, -0.1) is 11.3 Å². The molecule has 0 atom stereocenters. The molecule has 0 saturated carbocycles. The van der Waals surface area contributed by atoms with E-state index in [0.29, 0.717) is 17.8 Å². The van der Waals surface area contributed by atoms with Crippen LogP contribution in [-0.2, 0) is 11.2 Å². The second kappa shape index (κ2) is 6.34. The van der Waals surface area contributed by atoms with Crippen LogP contribution in [0.3, 0.4) is 0 Å². The Morgan fingerprint density at radius 3 is 2.80 bits per heavy atom. The van der Waals surface area contributed by atoms with Crippen molar-refractivity contribution in [3.05, 3.63) is 52.4 Å². The summed E-state index contributed by atoms with van der Waals surface area (Å²) in [6.07, 6.45) is 0.974. The number of thiophene rings is 1. The fourth-order valence-corrected chi connectivity index (χ4v) is 2.68. The molecule has 20 heavy (non-hydrogen) atoms. The number of aryl methyl sites for hydroxylation is 2. The lowest BCUT2D eigenvalue weighted by molar-refractivity contribution is -0.116. The van der Waals surface area contributed by atoms with E-state index in [4.69, 9.17) is 5.11 Å². The normalized spacial score (nSPS) is 10.2. The lowest BCUT2D eigenvalue weighted by atomic mass is 10.1. The number of carbonyl (C=O) groups is 2. The van der Waals surface area contributed by atoms with Gasteiger partial charge in [0, 0.05) is 6.42 Å². The standard InChI is InChI=1S/C15H15NO3S/c1-10-3-2-4-11(9-10)5-6-13(17)16-14-12(15(18)19)7-8-20-14/h2-4,7-9H,5-6H2,1H3,(H,16,17)(H,18,19). The molecule has 0 unspecified atom stereocenters. The Morgan fingerprint density at radius 1 is 1.30 bits per heavy atom. The van der Waals surface area contributed by atoms with Crippen molar-refractivity contribution in [1.82, 2.24) is 0 Å². The Hall–Kier alpha value is -2.14. The summed E-state index contributed by atoms with van der Waals surface area (Å²) in [6, 6.07) is 9.48. The van der Waals surface area contributed by atoms with Crippen LogP contribution in [0.4, 0.5) is 5.00 Å². The highest BCUT2D eigenvalue weighted by molar-refractivity contribution is 7.14. The molecule has 1 aromatic heterocycles. The van der Waals surface area contributed by atoms with Crippen molar-refractivity contribution in [3.63, 3.8) is 0 Å². The third-order valence-electron chi connectivity index (χ3n) is 2.87. The number of aromatic carboxylic acids is 1. The molecule has 0 radical (unpaired) electrons. The Morgan fingerprint density at radius 2 is 2.10 bits per heavy atom. The lowest BCUT2D eigenvalue weighted by Crippen LogP contribution is -2.13. The Bertz CT molecular complexity index is 634. The maximum Gasteiger partial charge on any atom is 0.338 e. The van der Waals surface area contributed by atoms with Crippen molar-refractivity contribution in [3.8, 4) is 0 Å². The Labute approximate surface area is 121 Å². The van der Waals surface area contributed by atoms with Gasteiger partial charge in [0.05, 0.1) is 5.56 Å². The van der Waals surface area contributed by atoms with Crippen LogP contribution in [0.25, 0.3) is 0 Å². The first-order valence-corrected chi connectivity index (χ1v) is 7.10. The number of anilines is 1. The summed E-state index contributed by atoms with van der Waals surface area (Å²) in [5, 5.41) is 13.7. The number of carboxylic acids is 1. The van der Waals surface area contributed by atoms with Gasteiger partial charge in [0.15, 0.2) is 0 Å². The number of nitrogens with one attached hydrogen (secondary N) is 1. The molecule has 0 spiro atoms. The van der Waals surface area contributed by atoms with Gasteiger partial charge in [-0.3, -0.25) is 4.79 Å². The fraction of sp³-hybridized carbons (Fsp3) is 0.200. The molecular weight excluding hydrogens is 274 g/mol. The SMILES string of the molecule is Cc1cccc(CCC(=O)Nc2sccc2C(=O)O)c1. The smallest absolute Gasteiger partial charge is 0.338 e. The van der Waals surface area contributed by atoms with E-state index in [1.807, 2.05) is 31.2 Å². The van der Waals surface area contributed by atoms with Crippen LogP contribution in [0.15, 0.2) is 35.7 Å². The molecule has 0 fully saturated rings. The highest BCUT2D eigenvalue weighted by Crippen LogP contribution is 2.23. The molecule has 0 saturated heterocycles. The number of hydrogen-bond donors (Lipinski definition) is 2. The maximum absolute atomic E-state index is 11.8. The first-order valence-electron chi connectivity index (χ1n) is 6.22. The summed E-state index contributed by atoms with van der Waals surface area (Å²) in [5.41, 5.74) is 2.40. The molecule has 2 aromatic rings. The van der Waals surface area contributed by atoms with Crippen LogP contribution in [-0.4, -0.2) is 17.0 Å². The zero-order valence-electron chi connectivity index (χ0n) is 11.1. The third kappa shape index (κ3) is 3.68. The monoisotopic (exact) mass is 289 g/mol. The number of carbonyl (C=O) groups excluding carboxylic acids is 1. The number of hydrogen-bond acceptors (Lipinski definition) is 3. The zero-order valence-corrected chi connectivity index (χ0v) is 11.9. The van der Waals surface area contributed by atoms with E-state index in [-0.39, 0.29) is 11.5 Å². The average molecular weight is 289 g/mol. The number of rotatable bonds is 5. The van der Waals surface area contributed by atoms with Crippen LogP contribution < -0.4 is 5.32 Å². The van der Waals surface area contributed by atoms with Crippen molar-refractivity contribution in [2.45, 2.75) is 19.8 Å². The highest BCUT2D eigenvalue weighted by Gasteiger charge is 2.13. The molecule has 1 heterocycles. The van der Waals surface area contributed by atoms with Crippen LogP contribution in [0.1, 0.15) is 27.9 Å². The quantitative estimate of drug-likeness (QED) is 0.887. The number of benzene rings is 1. The fourth-order valence-electron chi connectivity index (χ4n) is 1.89. The Balaban J connectivity index is 1.93. The van der Waals surface area contributed by atoms with Crippen molar-refractivity contribution >= 4 is 28.2 Å². The van der Waals surface area contributed by atoms with Crippen LogP contribution >= 0.6 is 11.3 Å². The van der Waals surface area contributed by atoms with E-state index in [2.05, 4.69) is 5.32 Å². The molecule has 2 rings (SSSR count). The van der Waals surface area contributed by atoms with Crippen LogP contribution in [0.5, 0.6) is 0 Å². The number of carboxylic acid groups (broad SMARTS) is 1. The van der Waals surface area contributed by atoms with Gasteiger partial charge in [-0.25, -0.2) is 4.79 Å². The van der Waals surface area contributed by atoms with Gasteiger partial charge in [-0.2, -0.15) is 0 Å². The van der Waals surface area contributed by atoms with E-state index in [9.17, 15) is 9.59 Å². The van der Waals surface area contributed by atoms with Gasteiger partial charge in [0.25, 0.3) is 0 Å². The molecule has 0 bridgehead atoms. The topological polar surface area (TPSA) is 66.4 Å². The number of amides is 1. The minimum Gasteiger partial charge on any atom is -0.478 e. The van der Waals surface area contributed by atoms with Crippen molar-refractivity contribution in [2.24, 2.45) is 0 Å². The molecule has 5 heteroatoms. The lowest BCUT2D eigenvalue weighted by Gasteiger charge is -2.05. The highest BCUT2D eigenvalue weighted by atomic mass is 32.1. The van der Waals surface area contributed by atoms with Gasteiger partial charge in [0.1, 0.15) is 5.00 Å². The molecule has 1 amide bonds. The van der Waals surface area contributed by atoms with Gasteiger partial charge >= 0.3 is 5.97 Å². The Kier molecular flexibility index (Phi) is 4.53. The van der Waals surface area contributed by atoms with Crippen molar-refractivity contribution in [2.75, 3.05) is 5.32 Å². The summed E-state index contributed by atoms with van der Waals surface area (Å²) in [7, 11) is 0. The van der Waals surface area contributed by atoms with E-state index in [1.165, 1.54) is 17.4 Å². The predicted octanol–water partition coefficient (Wildman–Crippen LogP) is 3.33. The van der Waals surface area contributed by atoms with E-state index in [1.54, 1.807) is 5.38 Å². The zero-order chi connectivity index (χ0) is 14.5. The van der Waals surface area contributed by atoms with Crippen LogP contribution in [0.2, 0.25) is 0 Å². The van der Waals surface area contributed by atoms with Gasteiger partial charge in [0.2, 0.25) is 5.91 Å². The molecular formula is C15H15NO3S. The van der Waals surface area contributed by atoms with Gasteiger partial charge in [-0.05, 0) is 30.4 Å². The third-order valence-corrected chi connectivity index (χ3v) is 3.70. The summed E-state index contributed by atoms with van der Waals surface area (Å²) in [6.45, 7) is 2.01. The largest absolute Gasteiger partial charge is 0.478 e. The summed E-state index contributed by atoms with van der Waals surface area (Å²) < 4.78 is 0. The molecule has 0 aliphatic rings. The molecule has 0 aliphatic heterocycles. The maximum atomic E-state index is 11.8. The van der Waals surface area contributed by atoms with Gasteiger partial charge in [-0.1, -0.05) is 29.8 Å². The molecule has 2 N–H and O–H groups in total. The summed E-state index contributed by atoms with van der Waals surface area (Å²) >= 11 is 1.22. The van der Waals surface area contributed by atoms with Crippen molar-refractivity contribution < 1.29 is 14.7 Å². The molecule has 4 nitrogen and oxygen atoms in total. The molecule has 1 aromatic carbocycles. The van der Waals surface area contributed by atoms with Crippen molar-refractivity contribution in [1.29, 1.82) is 0 Å². The van der Waals surface area contributed by atoms with Crippen LogP contribution in [0, 0.1) is 6.92 Å². The van der Waals surface area contributed by atoms with E-state index < -0.39 is 5.97 Å². The minimum absolute atomic E-state index is 0.138. The first-order chi connectivity index (χ1) is 9.56. The minimum atomic E-state index is -1.03.